The maximum absolute atomic E-state index is 12.6. The van der Waals surface area contributed by atoms with Crippen molar-refractivity contribution in [1.82, 2.24) is 9.47 Å². The third kappa shape index (κ3) is 4.17. The highest BCUT2D eigenvalue weighted by atomic mass is 32.2. The van der Waals surface area contributed by atoms with Gasteiger partial charge in [0.2, 0.25) is 0 Å². The zero-order chi connectivity index (χ0) is 19.5. The fraction of sp³-hybridized carbons (Fsp3) is 0.364. The summed E-state index contributed by atoms with van der Waals surface area (Å²) < 4.78 is 7.89. The Bertz CT molecular complexity index is 895. The minimum atomic E-state index is -0.240. The summed E-state index contributed by atoms with van der Waals surface area (Å²) >= 11 is 1.00. The molecule has 0 radical (unpaired) electrons. The average Bonchev–Trinajstić information content (AvgIpc) is 3.41. The number of carbonyl (C=O) groups excluding carboxylic acids is 2. The third-order valence-corrected chi connectivity index (χ3v) is 6.17. The summed E-state index contributed by atoms with van der Waals surface area (Å²) in [6, 6.07) is 10.3. The highest BCUT2D eigenvalue weighted by Crippen LogP contribution is 2.33. The van der Waals surface area contributed by atoms with E-state index in [9.17, 15) is 9.59 Å². The van der Waals surface area contributed by atoms with Gasteiger partial charge in [-0.15, -0.1) is 0 Å². The minimum Gasteiger partial charge on any atom is -0.492 e. The summed E-state index contributed by atoms with van der Waals surface area (Å²) in [5, 5.41) is -0.237. The zero-order valence-electron chi connectivity index (χ0n) is 16.0. The summed E-state index contributed by atoms with van der Waals surface area (Å²) in [6.07, 6.45) is 10.9. The van der Waals surface area contributed by atoms with Crippen LogP contribution < -0.4 is 4.74 Å². The van der Waals surface area contributed by atoms with E-state index in [4.69, 9.17) is 4.74 Å². The second-order valence-corrected chi connectivity index (χ2v) is 8.32. The standard InChI is InChI=1S/C22H24N2O3S/c1-16-6-8-19(9-7-16)27-13-12-24-21(25)20(28-22(24)26)14-17-10-11-23(15-17)18-4-2-3-5-18/h6-11,14-15,18H,2-5,12-13H2,1H3/b20-14+. The first-order valence-corrected chi connectivity index (χ1v) is 10.5. The molecule has 0 bridgehead atoms. The highest BCUT2D eigenvalue weighted by molar-refractivity contribution is 8.18. The fourth-order valence-electron chi connectivity index (χ4n) is 3.68. The van der Waals surface area contributed by atoms with Gasteiger partial charge in [-0.25, -0.2) is 0 Å². The van der Waals surface area contributed by atoms with Crippen molar-refractivity contribution in [3.63, 3.8) is 0 Å². The molecule has 5 nitrogen and oxygen atoms in total. The Labute approximate surface area is 169 Å². The molecule has 2 aliphatic rings. The van der Waals surface area contributed by atoms with Crippen molar-refractivity contribution in [2.24, 2.45) is 0 Å². The van der Waals surface area contributed by atoms with Crippen LogP contribution in [0.15, 0.2) is 47.6 Å². The number of thioether (sulfide) groups is 1. The van der Waals surface area contributed by atoms with Crippen LogP contribution in [0, 0.1) is 6.92 Å². The van der Waals surface area contributed by atoms with Crippen molar-refractivity contribution in [3.05, 3.63) is 58.8 Å². The van der Waals surface area contributed by atoms with Gasteiger partial charge in [0, 0.05) is 18.4 Å². The second kappa shape index (κ2) is 8.27. The lowest BCUT2D eigenvalue weighted by Crippen LogP contribution is -2.32. The zero-order valence-corrected chi connectivity index (χ0v) is 16.8. The van der Waals surface area contributed by atoms with Crippen molar-refractivity contribution in [1.29, 1.82) is 0 Å². The van der Waals surface area contributed by atoms with E-state index in [-0.39, 0.29) is 24.3 Å². The Balaban J connectivity index is 1.36. The second-order valence-electron chi connectivity index (χ2n) is 7.33. The predicted molar refractivity (Wildman–Crippen MR) is 111 cm³/mol. The maximum Gasteiger partial charge on any atom is 0.293 e. The molecule has 0 atom stereocenters. The summed E-state index contributed by atoms with van der Waals surface area (Å²) in [6.45, 7) is 2.55. The molecule has 0 unspecified atom stereocenters. The summed E-state index contributed by atoms with van der Waals surface area (Å²) in [5.74, 6) is 0.498. The van der Waals surface area contributed by atoms with Crippen LogP contribution in [0.5, 0.6) is 5.75 Å². The Morgan fingerprint density at radius 3 is 2.64 bits per heavy atom. The van der Waals surface area contributed by atoms with Crippen LogP contribution in [0.2, 0.25) is 0 Å². The summed E-state index contributed by atoms with van der Waals surface area (Å²) in [7, 11) is 0. The molecular weight excluding hydrogens is 372 g/mol. The molecule has 2 heterocycles. The number of ether oxygens (including phenoxy) is 1. The Hall–Kier alpha value is -2.47. The van der Waals surface area contributed by atoms with Gasteiger partial charge in [-0.3, -0.25) is 14.5 Å². The molecule has 0 spiro atoms. The van der Waals surface area contributed by atoms with Gasteiger partial charge in [-0.1, -0.05) is 30.5 Å². The van der Waals surface area contributed by atoms with Gasteiger partial charge < -0.3 is 9.30 Å². The molecule has 2 fully saturated rings. The SMILES string of the molecule is Cc1ccc(OCCN2C(=O)S/C(=C/c3ccn(C4CCCC4)c3)C2=O)cc1. The van der Waals surface area contributed by atoms with E-state index in [0.717, 1.165) is 28.6 Å². The van der Waals surface area contributed by atoms with Crippen molar-refractivity contribution >= 4 is 29.0 Å². The number of nitrogens with zero attached hydrogens (tertiary/aromatic N) is 2. The van der Waals surface area contributed by atoms with Crippen molar-refractivity contribution in [2.75, 3.05) is 13.2 Å². The van der Waals surface area contributed by atoms with E-state index in [1.54, 1.807) is 0 Å². The molecule has 2 amide bonds. The maximum atomic E-state index is 12.6. The number of benzene rings is 1. The summed E-state index contributed by atoms with van der Waals surface area (Å²) in [4.78, 5) is 26.6. The molecule has 2 aromatic rings. The molecule has 0 N–H and O–H groups in total. The number of aryl methyl sites for hydroxylation is 1. The molecule has 1 aliphatic carbocycles. The predicted octanol–water partition coefficient (Wildman–Crippen LogP) is 5.03. The first kappa shape index (κ1) is 18.9. The molecule has 1 saturated carbocycles. The van der Waals surface area contributed by atoms with Gasteiger partial charge in [0.15, 0.2) is 0 Å². The highest BCUT2D eigenvalue weighted by Gasteiger charge is 2.34. The number of hydrogen-bond acceptors (Lipinski definition) is 4. The van der Waals surface area contributed by atoms with Gasteiger partial charge in [-0.2, -0.15) is 0 Å². The van der Waals surface area contributed by atoms with Crippen molar-refractivity contribution < 1.29 is 14.3 Å². The van der Waals surface area contributed by atoms with Crippen LogP contribution in [-0.4, -0.2) is 33.8 Å². The first-order chi connectivity index (χ1) is 13.6. The third-order valence-electron chi connectivity index (χ3n) is 5.26. The van der Waals surface area contributed by atoms with E-state index in [1.807, 2.05) is 43.3 Å². The lowest BCUT2D eigenvalue weighted by Gasteiger charge is -2.13. The number of aromatic nitrogens is 1. The van der Waals surface area contributed by atoms with Gasteiger partial charge in [0.05, 0.1) is 11.4 Å². The fourth-order valence-corrected chi connectivity index (χ4v) is 4.54. The summed E-state index contributed by atoms with van der Waals surface area (Å²) in [5.41, 5.74) is 2.12. The first-order valence-electron chi connectivity index (χ1n) is 9.72. The van der Waals surface area contributed by atoms with E-state index < -0.39 is 0 Å². The van der Waals surface area contributed by atoms with E-state index in [2.05, 4.69) is 17.0 Å². The normalized spacial score (nSPS) is 19.2. The molecule has 146 valence electrons. The monoisotopic (exact) mass is 396 g/mol. The number of rotatable bonds is 6. The number of imide groups is 1. The molecule has 1 aromatic heterocycles. The Morgan fingerprint density at radius 2 is 1.89 bits per heavy atom. The number of amides is 2. The lowest BCUT2D eigenvalue weighted by molar-refractivity contribution is -0.123. The molecule has 1 aromatic carbocycles. The quantitative estimate of drug-likeness (QED) is 0.643. The van der Waals surface area contributed by atoms with Gasteiger partial charge in [0.25, 0.3) is 11.1 Å². The molecule has 28 heavy (non-hydrogen) atoms. The van der Waals surface area contributed by atoms with Crippen LogP contribution in [0.1, 0.15) is 42.9 Å². The molecular formula is C22H24N2O3S. The van der Waals surface area contributed by atoms with E-state index >= 15 is 0 Å². The molecule has 1 saturated heterocycles. The molecule has 1 aliphatic heterocycles. The van der Waals surface area contributed by atoms with Gasteiger partial charge in [-0.05, 0) is 61.4 Å². The number of hydrogen-bond donors (Lipinski definition) is 0. The van der Waals surface area contributed by atoms with Crippen LogP contribution in [-0.2, 0) is 4.79 Å². The smallest absolute Gasteiger partial charge is 0.293 e. The van der Waals surface area contributed by atoms with Gasteiger partial charge in [0.1, 0.15) is 12.4 Å². The van der Waals surface area contributed by atoms with Crippen molar-refractivity contribution in [2.45, 2.75) is 38.6 Å². The van der Waals surface area contributed by atoms with Crippen molar-refractivity contribution in [3.8, 4) is 5.75 Å². The van der Waals surface area contributed by atoms with Crippen LogP contribution in [0.25, 0.3) is 6.08 Å². The van der Waals surface area contributed by atoms with Crippen LogP contribution >= 0.6 is 11.8 Å². The largest absolute Gasteiger partial charge is 0.492 e. The molecule has 6 heteroatoms. The average molecular weight is 397 g/mol. The van der Waals surface area contributed by atoms with E-state index in [1.165, 1.54) is 30.6 Å². The minimum absolute atomic E-state index is 0.237. The molecule has 4 rings (SSSR count). The van der Waals surface area contributed by atoms with E-state index in [0.29, 0.717) is 10.9 Å². The van der Waals surface area contributed by atoms with Crippen LogP contribution in [0.3, 0.4) is 0 Å². The lowest BCUT2D eigenvalue weighted by atomic mass is 10.2. The topological polar surface area (TPSA) is 51.5 Å². The number of carbonyl (C=O) groups is 2. The Kier molecular flexibility index (Phi) is 5.57. The Morgan fingerprint density at radius 1 is 1.14 bits per heavy atom. The van der Waals surface area contributed by atoms with Gasteiger partial charge >= 0.3 is 0 Å². The van der Waals surface area contributed by atoms with Crippen LogP contribution in [0.4, 0.5) is 4.79 Å².